The van der Waals surface area contributed by atoms with E-state index in [4.69, 9.17) is 27.9 Å². The standard InChI is InChI=1S/C23H23Cl2NO5.2Na/c24-18-6-5-7-19(25)17(18)14-31-16-9-10-20-15(12-16)13-21(23(29)30)26(20)11-4-2-1-3-8-22(27)28;;/h5-7,9-10,12-13H,1-4,8,11,14H2,(H,27,28)(H,29,30);;/q;2*+1/p-2. The minimum atomic E-state index is -1.25. The van der Waals surface area contributed by atoms with Gasteiger partial charge in [-0.2, -0.15) is 0 Å². The molecule has 164 valence electrons. The van der Waals surface area contributed by atoms with Crippen LogP contribution in [-0.4, -0.2) is 16.5 Å². The molecule has 3 rings (SSSR count). The Labute approximate surface area is 246 Å². The van der Waals surface area contributed by atoms with Crippen molar-refractivity contribution < 1.29 is 83.7 Å². The fourth-order valence-corrected chi connectivity index (χ4v) is 3.97. The predicted molar refractivity (Wildman–Crippen MR) is 115 cm³/mol. The second kappa shape index (κ2) is 14.6. The molecule has 0 aliphatic rings. The molecule has 0 saturated heterocycles. The van der Waals surface area contributed by atoms with E-state index >= 15 is 0 Å². The Morgan fingerprint density at radius 1 is 0.909 bits per heavy atom. The predicted octanol–water partition coefficient (Wildman–Crippen LogP) is -2.40. The third-order valence-corrected chi connectivity index (χ3v) is 5.75. The molecule has 1 heterocycles. The summed E-state index contributed by atoms with van der Waals surface area (Å²) in [7, 11) is 0. The number of hydrogen-bond acceptors (Lipinski definition) is 5. The molecule has 0 N–H and O–H groups in total. The smallest absolute Gasteiger partial charge is 0.550 e. The van der Waals surface area contributed by atoms with Gasteiger partial charge in [-0.15, -0.1) is 0 Å². The van der Waals surface area contributed by atoms with Gasteiger partial charge < -0.3 is 29.1 Å². The van der Waals surface area contributed by atoms with Gasteiger partial charge in [0.25, 0.3) is 0 Å². The number of benzene rings is 2. The zero-order chi connectivity index (χ0) is 22.4. The first-order valence-corrected chi connectivity index (χ1v) is 10.7. The molecule has 1 aromatic heterocycles. The average Bonchev–Trinajstić information content (AvgIpc) is 3.08. The quantitative estimate of drug-likeness (QED) is 0.213. The largest absolute Gasteiger partial charge is 1.00 e. The summed E-state index contributed by atoms with van der Waals surface area (Å²) in [5, 5.41) is 23.8. The molecule has 3 aromatic rings. The van der Waals surface area contributed by atoms with Gasteiger partial charge in [-0.25, -0.2) is 0 Å². The van der Waals surface area contributed by atoms with Gasteiger partial charge in [-0.3, -0.25) is 0 Å². The van der Waals surface area contributed by atoms with Crippen LogP contribution in [0.15, 0.2) is 42.5 Å². The molecule has 0 spiro atoms. The van der Waals surface area contributed by atoms with E-state index < -0.39 is 11.9 Å². The number of aliphatic carboxylic acids is 1. The van der Waals surface area contributed by atoms with Crippen LogP contribution < -0.4 is 74.1 Å². The number of hydrogen-bond donors (Lipinski definition) is 0. The van der Waals surface area contributed by atoms with Crippen LogP contribution in [0.2, 0.25) is 10.0 Å². The Balaban J connectivity index is 0.00000272. The van der Waals surface area contributed by atoms with Crippen LogP contribution >= 0.6 is 23.2 Å². The second-order valence-corrected chi connectivity index (χ2v) is 8.03. The van der Waals surface area contributed by atoms with Gasteiger partial charge >= 0.3 is 59.1 Å². The number of carboxylic acid groups (broad SMARTS) is 2. The summed E-state index contributed by atoms with van der Waals surface area (Å²) in [6.07, 6.45) is 2.85. The summed E-state index contributed by atoms with van der Waals surface area (Å²) in [5.74, 6) is -1.74. The van der Waals surface area contributed by atoms with Crippen molar-refractivity contribution in [1.29, 1.82) is 0 Å². The van der Waals surface area contributed by atoms with Crippen LogP contribution in [0.1, 0.15) is 48.2 Å². The molecule has 0 amide bonds. The molecule has 6 nitrogen and oxygen atoms in total. The van der Waals surface area contributed by atoms with Gasteiger partial charge in [0.15, 0.2) is 0 Å². The Morgan fingerprint density at radius 3 is 2.21 bits per heavy atom. The zero-order valence-corrected chi connectivity index (χ0v) is 24.2. The number of halogens is 2. The van der Waals surface area contributed by atoms with E-state index in [0.29, 0.717) is 34.3 Å². The maximum atomic E-state index is 11.6. The molecular formula is C23H21Cl2NNa2O5. The van der Waals surface area contributed by atoms with Crippen LogP contribution in [0.4, 0.5) is 0 Å². The summed E-state index contributed by atoms with van der Waals surface area (Å²) in [6.45, 7) is 0.678. The molecule has 0 aliphatic carbocycles. The summed E-state index contributed by atoms with van der Waals surface area (Å²) < 4.78 is 7.53. The first kappa shape index (κ1) is 30.3. The molecule has 0 bridgehead atoms. The fraction of sp³-hybridized carbons (Fsp3) is 0.304. The molecule has 0 fully saturated rings. The molecule has 0 aliphatic heterocycles. The molecule has 0 saturated carbocycles. The first-order chi connectivity index (χ1) is 14.9. The Morgan fingerprint density at radius 2 is 1.58 bits per heavy atom. The average molecular weight is 508 g/mol. The molecule has 0 unspecified atom stereocenters. The molecular weight excluding hydrogens is 487 g/mol. The summed E-state index contributed by atoms with van der Waals surface area (Å²) in [4.78, 5) is 22.1. The number of aromatic nitrogens is 1. The number of aromatic carboxylic acids is 1. The number of fused-ring (bicyclic) bond motifs is 1. The fourth-order valence-electron chi connectivity index (χ4n) is 3.47. The third kappa shape index (κ3) is 8.48. The summed E-state index contributed by atoms with van der Waals surface area (Å²) in [6, 6.07) is 12.1. The van der Waals surface area contributed by atoms with Gasteiger partial charge in [0.1, 0.15) is 12.4 Å². The zero-order valence-electron chi connectivity index (χ0n) is 18.7. The number of carboxylic acids is 2. The number of nitrogens with zero attached hydrogens (tertiary/aromatic N) is 1. The number of carbonyl (C=O) groups excluding carboxylic acids is 2. The second-order valence-electron chi connectivity index (χ2n) is 7.21. The maximum Gasteiger partial charge on any atom is 1.00 e. The minimum Gasteiger partial charge on any atom is -0.550 e. The number of ether oxygens (including phenoxy) is 1. The van der Waals surface area contributed by atoms with E-state index in [1.54, 1.807) is 47.0 Å². The Kier molecular flexibility index (Phi) is 13.5. The number of aryl methyl sites for hydroxylation is 1. The van der Waals surface area contributed by atoms with Crippen molar-refractivity contribution in [2.24, 2.45) is 0 Å². The number of carbonyl (C=O) groups is 2. The van der Waals surface area contributed by atoms with Crippen LogP contribution in [0.25, 0.3) is 10.9 Å². The molecule has 0 radical (unpaired) electrons. The van der Waals surface area contributed by atoms with E-state index in [0.717, 1.165) is 30.2 Å². The number of unbranched alkanes of at least 4 members (excludes halogenated alkanes) is 3. The number of rotatable bonds is 11. The molecule has 0 atom stereocenters. The van der Waals surface area contributed by atoms with E-state index in [1.165, 1.54) is 0 Å². The Bertz CT molecular complexity index is 1080. The summed E-state index contributed by atoms with van der Waals surface area (Å²) in [5.41, 5.74) is 1.53. The van der Waals surface area contributed by atoms with Crippen molar-refractivity contribution in [3.63, 3.8) is 0 Å². The van der Waals surface area contributed by atoms with Gasteiger partial charge in [0.2, 0.25) is 0 Å². The SMILES string of the molecule is O=C([O-])CCCCCCn1c(C(=O)[O-])cc2cc(OCc3c(Cl)cccc3Cl)ccc21.[Na+].[Na+]. The van der Waals surface area contributed by atoms with Gasteiger partial charge in [0.05, 0.1) is 11.7 Å². The van der Waals surface area contributed by atoms with Gasteiger partial charge in [-0.1, -0.05) is 42.1 Å². The van der Waals surface area contributed by atoms with E-state index in [2.05, 4.69) is 0 Å². The van der Waals surface area contributed by atoms with Crippen molar-refractivity contribution >= 4 is 46.0 Å². The Hall–Kier alpha value is -0.700. The van der Waals surface area contributed by atoms with Gasteiger partial charge in [-0.05, 0) is 55.7 Å². The van der Waals surface area contributed by atoms with Crippen LogP contribution in [0.3, 0.4) is 0 Å². The van der Waals surface area contributed by atoms with Gasteiger partial charge in [0, 0.05) is 39.0 Å². The van der Waals surface area contributed by atoms with E-state index in [-0.39, 0.29) is 77.8 Å². The van der Waals surface area contributed by atoms with Crippen molar-refractivity contribution in [1.82, 2.24) is 4.57 Å². The first-order valence-electron chi connectivity index (χ1n) is 9.97. The van der Waals surface area contributed by atoms with E-state index in [9.17, 15) is 19.8 Å². The molecule has 33 heavy (non-hydrogen) atoms. The normalized spacial score (nSPS) is 10.4. The van der Waals surface area contributed by atoms with Crippen LogP contribution in [-0.2, 0) is 17.9 Å². The van der Waals surface area contributed by atoms with Crippen LogP contribution in [0, 0.1) is 0 Å². The maximum absolute atomic E-state index is 11.6. The molecule has 2 aromatic carbocycles. The van der Waals surface area contributed by atoms with Crippen molar-refractivity contribution in [3.05, 3.63) is 63.8 Å². The van der Waals surface area contributed by atoms with E-state index in [1.807, 2.05) is 0 Å². The van der Waals surface area contributed by atoms with Crippen molar-refractivity contribution in [3.8, 4) is 5.75 Å². The van der Waals surface area contributed by atoms with Crippen LogP contribution in [0.5, 0.6) is 5.75 Å². The topological polar surface area (TPSA) is 94.4 Å². The van der Waals surface area contributed by atoms with Crippen molar-refractivity contribution in [2.75, 3.05) is 0 Å². The minimum absolute atomic E-state index is 0. The summed E-state index contributed by atoms with van der Waals surface area (Å²) >= 11 is 12.3. The molecule has 10 heteroatoms. The monoisotopic (exact) mass is 507 g/mol. The third-order valence-electron chi connectivity index (χ3n) is 5.04. The van der Waals surface area contributed by atoms with Crippen molar-refractivity contribution in [2.45, 2.75) is 45.3 Å².